The van der Waals surface area contributed by atoms with Crippen molar-refractivity contribution in [1.29, 1.82) is 0 Å². The maximum Gasteiger partial charge on any atom is 0.282 e. The number of halogens is 2. The van der Waals surface area contributed by atoms with Crippen LogP contribution in [0.2, 0.25) is 0 Å². The number of amides is 1. The van der Waals surface area contributed by atoms with Crippen LogP contribution in [0.15, 0.2) is 22.7 Å². The van der Waals surface area contributed by atoms with Crippen molar-refractivity contribution < 1.29 is 14.5 Å². The van der Waals surface area contributed by atoms with Crippen LogP contribution in [0.3, 0.4) is 0 Å². The zero-order valence-corrected chi connectivity index (χ0v) is 14.7. The van der Waals surface area contributed by atoms with Crippen molar-refractivity contribution in [3.8, 4) is 0 Å². The van der Waals surface area contributed by atoms with Crippen molar-refractivity contribution in [1.82, 2.24) is 0 Å². The molecule has 2 rings (SSSR count). The summed E-state index contributed by atoms with van der Waals surface area (Å²) in [7, 11) is 0. The van der Waals surface area contributed by atoms with Crippen molar-refractivity contribution in [3.05, 3.63) is 28.5 Å². The smallest absolute Gasteiger partial charge is 0.282 e. The molecular formula is C17H25BrFN2O+. The Bertz CT molecular complexity index is 501. The summed E-state index contributed by atoms with van der Waals surface area (Å²) in [6, 6.07) is 4.98. The molecule has 22 heavy (non-hydrogen) atoms. The van der Waals surface area contributed by atoms with Gasteiger partial charge in [0.05, 0.1) is 11.7 Å². The lowest BCUT2D eigenvalue weighted by molar-refractivity contribution is -0.707. The third-order valence-corrected chi connectivity index (χ3v) is 4.81. The second-order valence-electron chi connectivity index (χ2n) is 6.20. The Labute approximate surface area is 140 Å². The highest BCUT2D eigenvalue weighted by atomic mass is 79.9. The van der Waals surface area contributed by atoms with E-state index in [0.29, 0.717) is 10.5 Å². The number of quaternary nitrogens is 1. The van der Waals surface area contributed by atoms with E-state index in [1.807, 2.05) is 6.92 Å². The van der Waals surface area contributed by atoms with Gasteiger partial charge in [-0.3, -0.25) is 4.79 Å². The van der Waals surface area contributed by atoms with Gasteiger partial charge in [-0.1, -0.05) is 35.2 Å². The van der Waals surface area contributed by atoms with Crippen molar-refractivity contribution in [2.45, 2.75) is 64.0 Å². The minimum atomic E-state index is -0.416. The topological polar surface area (TPSA) is 45.7 Å². The summed E-state index contributed by atoms with van der Waals surface area (Å²) < 4.78 is 14.4. The van der Waals surface area contributed by atoms with E-state index in [-0.39, 0.29) is 17.6 Å². The molecule has 1 saturated carbocycles. The molecule has 1 atom stereocenters. The molecule has 0 spiro atoms. The standard InChI is InChI=1S/C17H24BrFN2O/c1-12(20-14-7-5-3-2-4-6-8-14)17(22)21-16-10-9-13(18)11-15(16)19/h9-12,14,20H,2-8H2,1H3,(H,21,22)/p+1/t12-/m1/s1. The monoisotopic (exact) mass is 371 g/mol. The average molecular weight is 372 g/mol. The fourth-order valence-electron chi connectivity index (χ4n) is 3.01. The van der Waals surface area contributed by atoms with Gasteiger partial charge in [-0.2, -0.15) is 0 Å². The molecule has 0 saturated heterocycles. The number of carbonyl (C=O) groups excluding carboxylic acids is 1. The molecule has 0 heterocycles. The van der Waals surface area contributed by atoms with E-state index in [0.717, 1.165) is 0 Å². The minimum absolute atomic E-state index is 0.136. The summed E-state index contributed by atoms with van der Waals surface area (Å²) in [6.45, 7) is 1.89. The number of nitrogens with one attached hydrogen (secondary N) is 1. The first-order valence-electron chi connectivity index (χ1n) is 8.17. The van der Waals surface area contributed by atoms with Crippen molar-refractivity contribution in [2.24, 2.45) is 0 Å². The number of carbonyl (C=O) groups is 1. The van der Waals surface area contributed by atoms with Crippen LogP contribution in [0.5, 0.6) is 0 Å². The second-order valence-corrected chi connectivity index (χ2v) is 7.12. The van der Waals surface area contributed by atoms with E-state index >= 15 is 0 Å². The Kier molecular flexibility index (Phi) is 6.83. The molecule has 3 N–H and O–H groups in total. The van der Waals surface area contributed by atoms with Crippen molar-refractivity contribution in [2.75, 3.05) is 5.32 Å². The van der Waals surface area contributed by atoms with Gasteiger partial charge in [0.1, 0.15) is 5.82 Å². The zero-order valence-electron chi connectivity index (χ0n) is 13.1. The summed E-state index contributed by atoms with van der Waals surface area (Å²) in [5.41, 5.74) is 0.242. The number of anilines is 1. The Morgan fingerprint density at radius 3 is 2.55 bits per heavy atom. The number of nitrogens with two attached hydrogens (primary N) is 1. The Balaban J connectivity index is 1.88. The molecule has 1 fully saturated rings. The fourth-order valence-corrected chi connectivity index (χ4v) is 3.35. The van der Waals surface area contributed by atoms with Crippen LogP contribution in [-0.4, -0.2) is 18.0 Å². The Morgan fingerprint density at radius 2 is 1.91 bits per heavy atom. The third kappa shape index (κ3) is 5.36. The highest BCUT2D eigenvalue weighted by Gasteiger charge is 2.23. The van der Waals surface area contributed by atoms with Crippen molar-refractivity contribution in [3.63, 3.8) is 0 Å². The van der Waals surface area contributed by atoms with Gasteiger partial charge < -0.3 is 10.6 Å². The SMILES string of the molecule is C[C@@H]([NH2+]C1CCCCCCC1)C(=O)Nc1ccc(Br)cc1F. The molecule has 1 aromatic rings. The van der Waals surface area contributed by atoms with Gasteiger partial charge in [-0.05, 0) is 50.8 Å². The molecule has 1 aliphatic rings. The molecule has 0 radical (unpaired) electrons. The summed E-state index contributed by atoms with van der Waals surface area (Å²) in [5.74, 6) is -0.552. The van der Waals surface area contributed by atoms with Gasteiger partial charge in [0, 0.05) is 4.47 Å². The quantitative estimate of drug-likeness (QED) is 0.834. The van der Waals surface area contributed by atoms with Crippen LogP contribution in [0.1, 0.15) is 51.9 Å². The van der Waals surface area contributed by atoms with Crippen LogP contribution >= 0.6 is 15.9 Å². The normalized spacial score (nSPS) is 18.3. The molecule has 1 aromatic carbocycles. The van der Waals surface area contributed by atoms with Gasteiger partial charge >= 0.3 is 0 Å². The first kappa shape index (κ1) is 17.4. The van der Waals surface area contributed by atoms with Gasteiger partial charge in [0.15, 0.2) is 6.04 Å². The molecule has 5 heteroatoms. The molecule has 0 aliphatic heterocycles. The molecule has 0 bridgehead atoms. The average Bonchev–Trinajstić information content (AvgIpc) is 2.44. The van der Waals surface area contributed by atoms with E-state index < -0.39 is 5.82 Å². The van der Waals surface area contributed by atoms with E-state index in [2.05, 4.69) is 26.6 Å². The molecule has 3 nitrogen and oxygen atoms in total. The predicted octanol–water partition coefficient (Wildman–Crippen LogP) is 3.59. The highest BCUT2D eigenvalue weighted by Crippen LogP contribution is 2.19. The Hall–Kier alpha value is -0.940. The molecular weight excluding hydrogens is 347 g/mol. The fraction of sp³-hybridized carbons (Fsp3) is 0.588. The van der Waals surface area contributed by atoms with Crippen LogP contribution in [0, 0.1) is 5.82 Å². The summed E-state index contributed by atoms with van der Waals surface area (Å²) >= 11 is 3.21. The molecule has 0 unspecified atom stereocenters. The molecule has 122 valence electrons. The number of benzene rings is 1. The summed E-state index contributed by atoms with van der Waals surface area (Å²) in [5, 5.41) is 4.84. The maximum absolute atomic E-state index is 13.8. The van der Waals surface area contributed by atoms with Crippen LogP contribution < -0.4 is 10.6 Å². The summed E-state index contributed by atoms with van der Waals surface area (Å²) in [4.78, 5) is 12.3. The van der Waals surface area contributed by atoms with E-state index in [9.17, 15) is 9.18 Å². The van der Waals surface area contributed by atoms with Gasteiger partial charge in [-0.25, -0.2) is 4.39 Å². The number of hydrogen-bond acceptors (Lipinski definition) is 1. The Morgan fingerprint density at radius 1 is 1.27 bits per heavy atom. The maximum atomic E-state index is 13.8. The first-order valence-corrected chi connectivity index (χ1v) is 8.96. The lowest BCUT2D eigenvalue weighted by atomic mass is 9.96. The molecule has 0 aromatic heterocycles. The highest BCUT2D eigenvalue weighted by molar-refractivity contribution is 9.10. The van der Waals surface area contributed by atoms with Crippen LogP contribution in [0.4, 0.5) is 10.1 Å². The van der Waals surface area contributed by atoms with Crippen molar-refractivity contribution >= 4 is 27.5 Å². The third-order valence-electron chi connectivity index (χ3n) is 4.31. The van der Waals surface area contributed by atoms with Crippen LogP contribution in [-0.2, 0) is 4.79 Å². The van der Waals surface area contributed by atoms with Crippen LogP contribution in [0.25, 0.3) is 0 Å². The molecule has 1 amide bonds. The van der Waals surface area contributed by atoms with E-state index in [4.69, 9.17) is 0 Å². The van der Waals surface area contributed by atoms with Gasteiger partial charge in [0.2, 0.25) is 0 Å². The number of hydrogen-bond donors (Lipinski definition) is 2. The predicted molar refractivity (Wildman–Crippen MR) is 90.2 cm³/mol. The lowest BCUT2D eigenvalue weighted by Gasteiger charge is -2.21. The minimum Gasteiger partial charge on any atom is -0.334 e. The van der Waals surface area contributed by atoms with Gasteiger partial charge in [-0.15, -0.1) is 0 Å². The summed E-state index contributed by atoms with van der Waals surface area (Å²) in [6.07, 6.45) is 8.78. The largest absolute Gasteiger partial charge is 0.334 e. The van der Waals surface area contributed by atoms with E-state index in [1.54, 1.807) is 12.1 Å². The first-order chi connectivity index (χ1) is 10.6. The molecule has 1 aliphatic carbocycles. The van der Waals surface area contributed by atoms with E-state index in [1.165, 1.54) is 51.0 Å². The zero-order chi connectivity index (χ0) is 15.9. The van der Waals surface area contributed by atoms with Gasteiger partial charge in [0.25, 0.3) is 5.91 Å². The lowest BCUT2D eigenvalue weighted by Crippen LogP contribution is -2.96. The second kappa shape index (κ2) is 8.63. The number of rotatable bonds is 4.